The van der Waals surface area contributed by atoms with Gasteiger partial charge in [0.1, 0.15) is 0 Å². The van der Waals surface area contributed by atoms with Crippen molar-refractivity contribution in [3.63, 3.8) is 0 Å². The molecule has 6 heteroatoms. The van der Waals surface area contributed by atoms with Crippen molar-refractivity contribution in [2.24, 2.45) is 0 Å². The second kappa shape index (κ2) is 4.19. The van der Waals surface area contributed by atoms with Crippen LogP contribution in [-0.4, -0.2) is 15.9 Å². The van der Waals surface area contributed by atoms with Crippen LogP contribution < -0.4 is 10.7 Å². The molecule has 0 aliphatic rings. The van der Waals surface area contributed by atoms with Gasteiger partial charge in [-0.25, -0.2) is 0 Å². The largest absolute Gasteiger partial charge is 0.550 e. The molecule has 0 fully saturated rings. The van der Waals surface area contributed by atoms with Gasteiger partial charge in [0.25, 0.3) is 5.56 Å². The second-order valence-electron chi connectivity index (χ2n) is 2.88. The van der Waals surface area contributed by atoms with Crippen molar-refractivity contribution >= 4 is 18.2 Å². The molecule has 76 valence electrons. The normalized spacial score (nSPS) is 10.1. The first kappa shape index (κ1) is 10.6. The molecule has 0 atom stereocenters. The average Bonchev–Trinajstić information content (AvgIpc) is 2.01. The number of carbonyl (C=O) groups excluding carboxylic acids is 1. The summed E-state index contributed by atoms with van der Waals surface area (Å²) in [6.45, 7) is 1.68. The van der Waals surface area contributed by atoms with Gasteiger partial charge in [0.15, 0.2) is 4.77 Å². The second-order valence-corrected chi connectivity index (χ2v) is 3.29. The number of aliphatic carboxylic acids is 1. The lowest BCUT2D eigenvalue weighted by Gasteiger charge is -2.04. The van der Waals surface area contributed by atoms with Crippen LogP contribution >= 0.6 is 12.2 Å². The first-order valence-corrected chi connectivity index (χ1v) is 4.43. The average molecular weight is 213 g/mol. The number of nitrogens with one attached hydrogen (secondary N) is 2. The highest BCUT2D eigenvalue weighted by Gasteiger charge is 2.04. The SMILES string of the molecule is Cc1[nH]c(=S)[nH]c(=O)c1CCC(=O)[O-]. The zero-order valence-electron chi connectivity index (χ0n) is 7.55. The molecule has 1 aromatic rings. The molecule has 0 spiro atoms. The number of rotatable bonds is 3. The van der Waals surface area contributed by atoms with E-state index in [0.29, 0.717) is 11.3 Å². The Labute approximate surface area is 84.8 Å². The number of H-pyrrole nitrogens is 2. The number of carboxylic acids is 1. The lowest BCUT2D eigenvalue weighted by molar-refractivity contribution is -0.305. The molecule has 5 nitrogen and oxygen atoms in total. The van der Waals surface area contributed by atoms with Gasteiger partial charge in [0.05, 0.1) is 0 Å². The zero-order chi connectivity index (χ0) is 10.7. The van der Waals surface area contributed by atoms with Gasteiger partial charge in [0.2, 0.25) is 0 Å². The van der Waals surface area contributed by atoms with E-state index in [1.165, 1.54) is 0 Å². The number of hydrogen-bond donors (Lipinski definition) is 2. The third-order valence-corrected chi connectivity index (χ3v) is 2.04. The molecule has 0 saturated heterocycles. The third kappa shape index (κ3) is 2.53. The van der Waals surface area contributed by atoms with Gasteiger partial charge >= 0.3 is 0 Å². The predicted octanol–water partition coefficient (Wildman–Crippen LogP) is -0.577. The first-order chi connectivity index (χ1) is 6.50. The van der Waals surface area contributed by atoms with Crippen molar-refractivity contribution in [2.75, 3.05) is 0 Å². The Balaban J connectivity index is 3.03. The van der Waals surface area contributed by atoms with Crippen molar-refractivity contribution in [1.82, 2.24) is 9.97 Å². The Hall–Kier alpha value is -1.43. The Kier molecular flexibility index (Phi) is 3.19. The summed E-state index contributed by atoms with van der Waals surface area (Å²) in [6, 6.07) is 0. The highest BCUT2D eigenvalue weighted by atomic mass is 32.1. The summed E-state index contributed by atoms with van der Waals surface area (Å²) in [5, 5.41) is 10.2. The van der Waals surface area contributed by atoms with Crippen LogP contribution in [-0.2, 0) is 11.2 Å². The topological polar surface area (TPSA) is 88.8 Å². The number of aromatic amines is 2. The van der Waals surface area contributed by atoms with E-state index < -0.39 is 5.97 Å². The van der Waals surface area contributed by atoms with Gasteiger partial charge in [-0.2, -0.15) is 0 Å². The molecule has 0 aromatic carbocycles. The number of aromatic nitrogens is 2. The van der Waals surface area contributed by atoms with E-state index in [9.17, 15) is 14.7 Å². The standard InChI is InChI=1S/C8H10N2O3S/c1-4-5(2-3-6(11)12)7(13)10-8(14)9-4/h2-3H2,1H3,(H,11,12)(H2,9,10,13,14)/p-1. The van der Waals surface area contributed by atoms with E-state index in [4.69, 9.17) is 12.2 Å². The first-order valence-electron chi connectivity index (χ1n) is 4.02. The predicted molar refractivity (Wildman–Crippen MR) is 50.3 cm³/mol. The Morgan fingerprint density at radius 2 is 2.14 bits per heavy atom. The lowest BCUT2D eigenvalue weighted by atomic mass is 10.1. The third-order valence-electron chi connectivity index (χ3n) is 1.83. The monoisotopic (exact) mass is 213 g/mol. The molecule has 0 aliphatic carbocycles. The van der Waals surface area contributed by atoms with Crippen LogP contribution in [0.15, 0.2) is 4.79 Å². The minimum atomic E-state index is -1.17. The Morgan fingerprint density at radius 1 is 1.50 bits per heavy atom. The minimum Gasteiger partial charge on any atom is -0.550 e. The van der Waals surface area contributed by atoms with Crippen molar-refractivity contribution in [3.05, 3.63) is 26.4 Å². The van der Waals surface area contributed by atoms with Gasteiger partial charge in [0, 0.05) is 17.2 Å². The smallest absolute Gasteiger partial charge is 0.255 e. The van der Waals surface area contributed by atoms with E-state index in [0.717, 1.165) is 0 Å². The van der Waals surface area contributed by atoms with Crippen LogP contribution in [0.2, 0.25) is 0 Å². The van der Waals surface area contributed by atoms with Gasteiger partial charge in [-0.1, -0.05) is 0 Å². The molecule has 1 heterocycles. The van der Waals surface area contributed by atoms with Gasteiger partial charge < -0.3 is 14.9 Å². The fourth-order valence-corrected chi connectivity index (χ4v) is 1.40. The fourth-order valence-electron chi connectivity index (χ4n) is 1.15. The summed E-state index contributed by atoms with van der Waals surface area (Å²) >= 11 is 4.74. The number of carboxylic acid groups (broad SMARTS) is 1. The van der Waals surface area contributed by atoms with E-state index >= 15 is 0 Å². The maximum absolute atomic E-state index is 11.3. The molecular weight excluding hydrogens is 204 g/mol. The molecular formula is C8H9N2O3S-. The van der Waals surface area contributed by atoms with Crippen molar-refractivity contribution < 1.29 is 9.90 Å². The number of hydrogen-bond acceptors (Lipinski definition) is 4. The summed E-state index contributed by atoms with van der Waals surface area (Å²) in [6.07, 6.45) is -0.0237. The summed E-state index contributed by atoms with van der Waals surface area (Å²) < 4.78 is 0.240. The lowest BCUT2D eigenvalue weighted by Crippen LogP contribution is -2.25. The number of carbonyl (C=O) groups is 1. The van der Waals surface area contributed by atoms with Gasteiger partial charge in [-0.3, -0.25) is 9.78 Å². The van der Waals surface area contributed by atoms with Crippen LogP contribution in [0.25, 0.3) is 0 Å². The number of aryl methyl sites for hydroxylation is 1. The molecule has 0 amide bonds. The molecule has 1 rings (SSSR count). The molecule has 1 aromatic heterocycles. The van der Waals surface area contributed by atoms with Crippen molar-refractivity contribution in [3.8, 4) is 0 Å². The van der Waals surface area contributed by atoms with Crippen molar-refractivity contribution in [1.29, 1.82) is 0 Å². The summed E-state index contributed by atoms with van der Waals surface area (Å²) in [5.41, 5.74) is 0.662. The van der Waals surface area contributed by atoms with Gasteiger partial charge in [-0.15, -0.1) is 0 Å². The van der Waals surface area contributed by atoms with Crippen molar-refractivity contribution in [2.45, 2.75) is 19.8 Å². The highest BCUT2D eigenvalue weighted by molar-refractivity contribution is 7.71. The molecule has 0 radical (unpaired) electrons. The summed E-state index contributed by atoms with van der Waals surface area (Å²) in [7, 11) is 0. The van der Waals surface area contributed by atoms with E-state index in [2.05, 4.69) is 9.97 Å². The summed E-state index contributed by atoms with van der Waals surface area (Å²) in [4.78, 5) is 26.7. The molecule has 2 N–H and O–H groups in total. The van der Waals surface area contributed by atoms with E-state index in [-0.39, 0.29) is 23.2 Å². The fraction of sp³-hybridized carbons (Fsp3) is 0.375. The van der Waals surface area contributed by atoms with E-state index in [1.807, 2.05) is 0 Å². The minimum absolute atomic E-state index is 0.148. The quantitative estimate of drug-likeness (QED) is 0.658. The van der Waals surface area contributed by atoms with Crippen LogP contribution in [0, 0.1) is 11.7 Å². The summed E-state index contributed by atoms with van der Waals surface area (Å²) in [5.74, 6) is -1.17. The molecule has 0 saturated carbocycles. The van der Waals surface area contributed by atoms with E-state index in [1.54, 1.807) is 6.92 Å². The molecule has 0 unspecified atom stereocenters. The molecule has 0 bridgehead atoms. The molecule has 0 aliphatic heterocycles. The molecule has 14 heavy (non-hydrogen) atoms. The van der Waals surface area contributed by atoms with Crippen LogP contribution in [0.1, 0.15) is 17.7 Å². The maximum atomic E-state index is 11.3. The Bertz CT molecular complexity index is 460. The maximum Gasteiger partial charge on any atom is 0.255 e. The van der Waals surface area contributed by atoms with Crippen LogP contribution in [0.5, 0.6) is 0 Å². The van der Waals surface area contributed by atoms with Crippen LogP contribution in [0.4, 0.5) is 0 Å². The Morgan fingerprint density at radius 3 is 2.64 bits per heavy atom. The van der Waals surface area contributed by atoms with Crippen LogP contribution in [0.3, 0.4) is 0 Å². The zero-order valence-corrected chi connectivity index (χ0v) is 8.36. The highest BCUT2D eigenvalue weighted by Crippen LogP contribution is 2.00. The van der Waals surface area contributed by atoms with Gasteiger partial charge in [-0.05, 0) is 32.0 Å².